The number of azide groups is 2. The van der Waals surface area contributed by atoms with Gasteiger partial charge in [-0.3, -0.25) is 14.4 Å². The largest absolute Gasteiger partial charge is 0.478 e. The zero-order valence-corrected chi connectivity index (χ0v) is 54.5. The quantitative estimate of drug-likeness (QED) is 0.0179. The van der Waals surface area contributed by atoms with E-state index in [1.807, 2.05) is 46.8 Å². The molecule has 0 bridgehead atoms. The number of benzene rings is 4. The molecule has 0 aliphatic heterocycles. The van der Waals surface area contributed by atoms with Crippen LogP contribution >= 0.6 is 69.6 Å². The van der Waals surface area contributed by atoms with Gasteiger partial charge in [0.2, 0.25) is 0 Å². The van der Waals surface area contributed by atoms with Crippen LogP contribution in [-0.4, -0.2) is 114 Å². The van der Waals surface area contributed by atoms with E-state index in [1.54, 1.807) is 74.5 Å². The summed E-state index contributed by atoms with van der Waals surface area (Å²) in [6.45, 7) is 18.8. The van der Waals surface area contributed by atoms with Crippen LogP contribution in [0.2, 0.25) is 30.1 Å². The van der Waals surface area contributed by atoms with E-state index in [-0.39, 0.29) is 75.3 Å². The van der Waals surface area contributed by atoms with Crippen LogP contribution in [0, 0.1) is 0 Å². The van der Waals surface area contributed by atoms with E-state index in [0.29, 0.717) is 104 Å². The molecule has 472 valence electrons. The average Bonchev–Trinajstić information content (AvgIpc) is 1.67. The molecule has 0 spiro atoms. The second-order valence-corrected chi connectivity index (χ2v) is 23.8. The van der Waals surface area contributed by atoms with Crippen LogP contribution in [0.5, 0.6) is 11.5 Å². The van der Waals surface area contributed by atoms with Crippen molar-refractivity contribution in [2.45, 2.75) is 105 Å². The van der Waals surface area contributed by atoms with Gasteiger partial charge in [0.25, 0.3) is 17.0 Å². The number of nitrogens with zero attached hydrogens (tertiary/aromatic N) is 12. The first-order valence-electron chi connectivity index (χ1n) is 27.8. The molecule has 4 aromatic heterocycles. The number of ether oxygens (including phenoxy) is 4. The van der Waals surface area contributed by atoms with E-state index in [2.05, 4.69) is 45.5 Å². The van der Waals surface area contributed by atoms with Crippen LogP contribution in [0.1, 0.15) is 115 Å². The topological polar surface area (TPSA) is 328 Å². The summed E-state index contributed by atoms with van der Waals surface area (Å²) in [4.78, 5) is 70.8. The van der Waals surface area contributed by atoms with Gasteiger partial charge in [0.15, 0.2) is 22.5 Å². The number of hydrogen-bond acceptors (Lipinski definition) is 14. The SMILES string of the molecule is CC(C)c1nn(-c2c(Cl)cc(Cl)cc2Cl)c2nc(Cc3ccc(OC(C)(C)C(=O)NCCOCCN=[N+]=[N-])cc3)[nH]c(=O)c12.CC(C)c1nn(-c2c(Cl)cc(Cl)cc2Cl)c2nc(Cc3ccc(OC(C)(C)C(=O)O)cc3)[nH]c(=O)c12.CCCOCCN=[N+]=[N-]. The molecule has 24 nitrogen and oxygen atoms in total. The van der Waals surface area contributed by atoms with Gasteiger partial charge in [-0.1, -0.05) is 139 Å². The number of carboxylic acids is 1. The second-order valence-electron chi connectivity index (χ2n) is 21.3. The average molecular weight is 1340 g/mol. The number of carbonyl (C=O) groups is 2. The van der Waals surface area contributed by atoms with Gasteiger partial charge in [0, 0.05) is 59.0 Å². The van der Waals surface area contributed by atoms with Crippen molar-refractivity contribution in [3.63, 3.8) is 0 Å². The highest BCUT2D eigenvalue weighted by Crippen LogP contribution is 2.37. The molecule has 4 aromatic carbocycles. The second kappa shape index (κ2) is 32.2. The third kappa shape index (κ3) is 19.0. The fourth-order valence-electron chi connectivity index (χ4n) is 8.47. The van der Waals surface area contributed by atoms with Crippen molar-refractivity contribution < 1.29 is 33.6 Å². The Balaban J connectivity index is 0.000000252. The maximum Gasteiger partial charge on any atom is 0.347 e. The number of aromatic nitrogens is 8. The molecule has 0 saturated carbocycles. The maximum absolute atomic E-state index is 13.3. The van der Waals surface area contributed by atoms with Gasteiger partial charge < -0.3 is 39.3 Å². The standard InChI is InChI=1S/C29H31Cl3N8O4.C25H23Cl3N4O4.C5H11N3O/c1-16(2)24-23-26(40(38-24)25-20(31)14-18(30)15-21(25)32)36-22(37-27(23)41)13-17-5-7-19(8-6-17)44-29(3,4)28(42)34-9-11-43-12-10-35-39-33;1-12(2)20-19-22(32(31-20)21-16(27)10-14(26)11-17(21)28)29-18(30-23(19)33)9-13-5-7-15(8-6-13)36-25(3,4)24(34)35;1-2-4-9-5-3-7-8-6/h5-8,14-16H,9-13H2,1-4H3,(H,34,42)(H,36,37,41);5-8,10-12H,9H2,1-4H3,(H,34,35)(H,29,30,33);2-5H2,1H3. The summed E-state index contributed by atoms with van der Waals surface area (Å²) in [7, 11) is 0. The summed E-state index contributed by atoms with van der Waals surface area (Å²) >= 11 is 38.1. The molecule has 30 heteroatoms. The van der Waals surface area contributed by atoms with E-state index in [4.69, 9.17) is 110 Å². The minimum Gasteiger partial charge on any atom is -0.478 e. The number of fused-ring (bicyclic) bond motifs is 2. The minimum atomic E-state index is -1.36. The van der Waals surface area contributed by atoms with Crippen LogP contribution in [0.4, 0.5) is 0 Å². The van der Waals surface area contributed by atoms with Crippen LogP contribution in [0.3, 0.4) is 0 Å². The molecule has 89 heavy (non-hydrogen) atoms. The van der Waals surface area contributed by atoms with Gasteiger partial charge in [-0.25, -0.2) is 24.1 Å². The number of aromatic amines is 2. The van der Waals surface area contributed by atoms with Crippen molar-refractivity contribution in [3.8, 4) is 22.9 Å². The molecule has 4 N–H and O–H groups in total. The van der Waals surface area contributed by atoms with Crippen LogP contribution in [0.15, 0.2) is 92.6 Å². The van der Waals surface area contributed by atoms with Crippen molar-refractivity contribution in [1.29, 1.82) is 0 Å². The normalized spacial score (nSPS) is 11.4. The van der Waals surface area contributed by atoms with E-state index in [0.717, 1.165) is 24.2 Å². The number of nitrogens with one attached hydrogen (secondary N) is 3. The molecule has 8 rings (SSSR count). The Kier molecular flexibility index (Phi) is 25.5. The number of carboxylic acid groups (broad SMARTS) is 1. The maximum atomic E-state index is 13.3. The predicted molar refractivity (Wildman–Crippen MR) is 346 cm³/mol. The Morgan fingerprint density at radius 3 is 1.37 bits per heavy atom. The highest BCUT2D eigenvalue weighted by molar-refractivity contribution is 6.41. The number of H-pyrrole nitrogens is 2. The summed E-state index contributed by atoms with van der Waals surface area (Å²) in [5, 5.41) is 30.6. The molecular weight excluding hydrogens is 1280 g/mol. The Bertz CT molecular complexity index is 3980. The molecule has 0 radical (unpaired) electrons. The Hall–Kier alpha value is -7.60. The summed E-state index contributed by atoms with van der Waals surface area (Å²) in [5.74, 6) is 0.209. The predicted octanol–water partition coefficient (Wildman–Crippen LogP) is 14.1. The van der Waals surface area contributed by atoms with Crippen molar-refractivity contribution >= 4 is 104 Å². The van der Waals surface area contributed by atoms with Gasteiger partial charge in [-0.05, 0) is 117 Å². The summed E-state index contributed by atoms with van der Waals surface area (Å²) in [5.41, 5.74) is 17.1. The molecule has 0 fully saturated rings. The Morgan fingerprint density at radius 2 is 1.01 bits per heavy atom. The molecule has 0 saturated heterocycles. The van der Waals surface area contributed by atoms with Crippen molar-refractivity contribution in [3.05, 3.63) is 179 Å². The molecule has 0 unspecified atom stereocenters. The van der Waals surface area contributed by atoms with E-state index in [9.17, 15) is 24.3 Å². The van der Waals surface area contributed by atoms with E-state index >= 15 is 0 Å². The number of rotatable bonds is 25. The zero-order chi connectivity index (χ0) is 65.3. The first-order valence-corrected chi connectivity index (χ1v) is 30.0. The van der Waals surface area contributed by atoms with E-state index in [1.165, 1.54) is 23.2 Å². The van der Waals surface area contributed by atoms with Gasteiger partial charge in [0.05, 0.1) is 51.3 Å². The lowest BCUT2D eigenvalue weighted by Crippen LogP contribution is -2.47. The highest BCUT2D eigenvalue weighted by atomic mass is 35.5. The minimum absolute atomic E-state index is 0.0602. The van der Waals surface area contributed by atoms with Gasteiger partial charge in [-0.2, -0.15) is 10.2 Å². The van der Waals surface area contributed by atoms with E-state index < -0.39 is 17.2 Å². The first-order chi connectivity index (χ1) is 42.2. The number of aliphatic carboxylic acids is 1. The van der Waals surface area contributed by atoms with Crippen LogP contribution in [0.25, 0.3) is 54.3 Å². The number of hydrogen-bond donors (Lipinski definition) is 4. The van der Waals surface area contributed by atoms with Gasteiger partial charge in [-0.15, -0.1) is 0 Å². The molecule has 0 atom stereocenters. The monoisotopic (exact) mass is 1340 g/mol. The highest BCUT2D eigenvalue weighted by Gasteiger charge is 2.31. The molecule has 1 amide bonds. The van der Waals surface area contributed by atoms with Crippen molar-refractivity contribution in [1.82, 2.24) is 44.8 Å². The smallest absolute Gasteiger partial charge is 0.347 e. The summed E-state index contributed by atoms with van der Waals surface area (Å²) < 4.78 is 24.8. The molecule has 8 aromatic rings. The Labute approximate surface area is 541 Å². The number of amides is 1. The fraction of sp³-hybridized carbons (Fsp3) is 0.390. The van der Waals surface area contributed by atoms with Crippen molar-refractivity contribution in [2.75, 3.05) is 46.1 Å². The molecular formula is C59H65Cl6N15O9. The number of carbonyl (C=O) groups excluding carboxylic acids is 1. The molecule has 4 heterocycles. The van der Waals surface area contributed by atoms with Crippen molar-refractivity contribution in [2.24, 2.45) is 10.2 Å². The van der Waals surface area contributed by atoms with Crippen LogP contribution in [-0.2, 0) is 31.9 Å². The fourth-order valence-corrected chi connectivity index (χ4v) is 10.4. The third-order valence-corrected chi connectivity index (χ3v) is 14.4. The zero-order valence-electron chi connectivity index (χ0n) is 50.0. The summed E-state index contributed by atoms with van der Waals surface area (Å²) in [6, 6.07) is 20.3. The summed E-state index contributed by atoms with van der Waals surface area (Å²) in [6.07, 6.45) is 1.62. The third-order valence-electron chi connectivity index (χ3n) is 12.8. The van der Waals surface area contributed by atoms with Gasteiger partial charge >= 0.3 is 5.97 Å². The number of halogens is 6. The lowest BCUT2D eigenvalue weighted by molar-refractivity contribution is -0.152. The molecule has 0 aliphatic rings. The Morgan fingerprint density at radius 1 is 0.629 bits per heavy atom. The lowest BCUT2D eigenvalue weighted by Gasteiger charge is -2.25. The molecule has 0 aliphatic carbocycles. The lowest BCUT2D eigenvalue weighted by atomic mass is 10.1. The van der Waals surface area contributed by atoms with Gasteiger partial charge in [0.1, 0.15) is 45.3 Å². The first kappa shape index (κ1) is 70.5. The van der Waals surface area contributed by atoms with Crippen LogP contribution < -0.4 is 25.9 Å².